The summed E-state index contributed by atoms with van der Waals surface area (Å²) in [6.07, 6.45) is 7.35. The SMILES string of the molecule is CCCCOC(CCC)([N]C(CCC)(OCC)OCCCC)OCC. The molecule has 5 heteroatoms. The number of ether oxygens (including phenoxy) is 4. The molecule has 0 aliphatic carbocycles. The van der Waals surface area contributed by atoms with Crippen molar-refractivity contribution in [2.24, 2.45) is 0 Å². The van der Waals surface area contributed by atoms with Crippen LogP contribution >= 0.6 is 0 Å². The Balaban J connectivity index is 5.40. The first-order chi connectivity index (χ1) is 12.1. The summed E-state index contributed by atoms with van der Waals surface area (Å²) >= 11 is 0. The van der Waals surface area contributed by atoms with Gasteiger partial charge in [0.25, 0.3) is 0 Å². The van der Waals surface area contributed by atoms with Crippen molar-refractivity contribution >= 4 is 0 Å². The van der Waals surface area contributed by atoms with E-state index in [1.807, 2.05) is 13.8 Å². The zero-order valence-corrected chi connectivity index (χ0v) is 17.6. The van der Waals surface area contributed by atoms with Crippen molar-refractivity contribution in [2.45, 2.75) is 105 Å². The van der Waals surface area contributed by atoms with E-state index >= 15 is 0 Å². The molecule has 0 bridgehead atoms. The molecule has 0 aromatic carbocycles. The van der Waals surface area contributed by atoms with Crippen LogP contribution in [0.2, 0.25) is 0 Å². The van der Waals surface area contributed by atoms with Gasteiger partial charge in [-0.2, -0.15) is 0 Å². The molecular formula is C20H42NO4. The van der Waals surface area contributed by atoms with Crippen LogP contribution in [0.15, 0.2) is 0 Å². The lowest BCUT2D eigenvalue weighted by Crippen LogP contribution is -2.58. The Morgan fingerprint density at radius 1 is 0.560 bits per heavy atom. The normalized spacial score (nSPS) is 16.6. The molecule has 0 aromatic heterocycles. The van der Waals surface area contributed by atoms with Gasteiger partial charge in [0.2, 0.25) is 11.8 Å². The minimum absolute atomic E-state index is 0.541. The van der Waals surface area contributed by atoms with Crippen LogP contribution < -0.4 is 5.32 Å². The van der Waals surface area contributed by atoms with Crippen molar-refractivity contribution in [1.82, 2.24) is 5.32 Å². The summed E-state index contributed by atoms with van der Waals surface area (Å²) in [5.41, 5.74) is 0. The average molecular weight is 361 g/mol. The second-order valence-electron chi connectivity index (χ2n) is 6.31. The van der Waals surface area contributed by atoms with Crippen LogP contribution in [-0.4, -0.2) is 38.2 Å². The molecule has 5 nitrogen and oxygen atoms in total. The van der Waals surface area contributed by atoms with Gasteiger partial charge in [-0.1, -0.05) is 40.5 Å². The molecule has 0 N–H and O–H groups in total. The highest BCUT2D eigenvalue weighted by Gasteiger charge is 2.45. The smallest absolute Gasteiger partial charge is 0.247 e. The topological polar surface area (TPSA) is 51.0 Å². The highest BCUT2D eigenvalue weighted by Crippen LogP contribution is 2.29. The van der Waals surface area contributed by atoms with E-state index in [0.29, 0.717) is 39.3 Å². The van der Waals surface area contributed by atoms with Crippen LogP contribution in [0.3, 0.4) is 0 Å². The summed E-state index contributed by atoms with van der Waals surface area (Å²) in [6.45, 7) is 14.8. The molecule has 0 amide bonds. The molecule has 1 radical (unpaired) electrons. The molecule has 0 aliphatic heterocycles. The molecule has 2 atom stereocenters. The maximum Gasteiger partial charge on any atom is 0.247 e. The number of nitrogens with zero attached hydrogens (tertiary/aromatic N) is 1. The summed E-state index contributed by atoms with van der Waals surface area (Å²) in [6, 6.07) is 0. The van der Waals surface area contributed by atoms with Crippen molar-refractivity contribution in [2.75, 3.05) is 26.4 Å². The third-order valence-electron chi connectivity index (χ3n) is 3.86. The fourth-order valence-electron chi connectivity index (χ4n) is 2.71. The molecule has 0 rings (SSSR count). The number of rotatable bonds is 18. The highest BCUT2D eigenvalue weighted by molar-refractivity contribution is 4.76. The summed E-state index contributed by atoms with van der Waals surface area (Å²) in [7, 11) is 0. The van der Waals surface area contributed by atoms with Crippen molar-refractivity contribution in [1.29, 1.82) is 0 Å². The van der Waals surface area contributed by atoms with Crippen molar-refractivity contribution in [3.63, 3.8) is 0 Å². The number of hydrogen-bond acceptors (Lipinski definition) is 4. The fraction of sp³-hybridized carbons (Fsp3) is 1.00. The third-order valence-corrected chi connectivity index (χ3v) is 3.86. The molecule has 0 heterocycles. The standard InChI is InChI=1S/C20H42NO4/c1-7-13-17-24-19(15-9-3,22-11-5)21-20(16-10-4,23-12-6)25-18-14-8-2/h7-18H2,1-6H3. The summed E-state index contributed by atoms with van der Waals surface area (Å²) in [4.78, 5) is 0. The van der Waals surface area contributed by atoms with Gasteiger partial charge in [0.1, 0.15) is 0 Å². The first-order valence-corrected chi connectivity index (χ1v) is 10.4. The molecule has 25 heavy (non-hydrogen) atoms. The van der Waals surface area contributed by atoms with Gasteiger partial charge in [0, 0.05) is 26.1 Å². The zero-order chi connectivity index (χ0) is 19.0. The third kappa shape index (κ3) is 9.90. The maximum atomic E-state index is 6.16. The molecule has 0 saturated carbocycles. The lowest BCUT2D eigenvalue weighted by atomic mass is 10.2. The lowest BCUT2D eigenvalue weighted by molar-refractivity contribution is -0.349. The predicted molar refractivity (Wildman–Crippen MR) is 102 cm³/mol. The molecule has 0 fully saturated rings. The Hall–Kier alpha value is -0.200. The lowest BCUT2D eigenvalue weighted by Gasteiger charge is -2.41. The number of unbranched alkanes of at least 4 members (excludes halogenated alkanes) is 2. The highest BCUT2D eigenvalue weighted by atomic mass is 16.8. The van der Waals surface area contributed by atoms with Gasteiger partial charge < -0.3 is 18.9 Å². The van der Waals surface area contributed by atoms with Gasteiger partial charge >= 0.3 is 0 Å². The molecule has 0 spiro atoms. The summed E-state index contributed by atoms with van der Waals surface area (Å²) in [5.74, 6) is -1.98. The van der Waals surface area contributed by atoms with Gasteiger partial charge in [0.15, 0.2) is 0 Å². The molecule has 0 aliphatic rings. The Labute approximate surface area is 156 Å². The van der Waals surface area contributed by atoms with Gasteiger partial charge in [-0.15, -0.1) is 5.32 Å². The van der Waals surface area contributed by atoms with Crippen molar-refractivity contribution < 1.29 is 18.9 Å². The van der Waals surface area contributed by atoms with Gasteiger partial charge in [-0.3, -0.25) is 0 Å². The minimum Gasteiger partial charge on any atom is -0.336 e. The monoisotopic (exact) mass is 360 g/mol. The van der Waals surface area contributed by atoms with Crippen LogP contribution in [0, 0.1) is 0 Å². The molecular weight excluding hydrogens is 318 g/mol. The Bertz CT molecular complexity index is 259. The van der Waals surface area contributed by atoms with Crippen LogP contribution in [0.25, 0.3) is 0 Å². The minimum atomic E-state index is -0.991. The molecule has 151 valence electrons. The van der Waals surface area contributed by atoms with Crippen LogP contribution in [-0.2, 0) is 18.9 Å². The van der Waals surface area contributed by atoms with Gasteiger partial charge in [0.05, 0.1) is 13.2 Å². The van der Waals surface area contributed by atoms with E-state index in [1.165, 1.54) is 0 Å². The molecule has 0 saturated heterocycles. The first-order valence-electron chi connectivity index (χ1n) is 10.4. The summed E-state index contributed by atoms with van der Waals surface area (Å²) < 4.78 is 24.4. The predicted octanol–water partition coefficient (Wildman–Crippen LogP) is 5.21. The van der Waals surface area contributed by atoms with E-state index in [9.17, 15) is 0 Å². The number of hydrogen-bond donors (Lipinski definition) is 0. The van der Waals surface area contributed by atoms with Crippen LogP contribution in [0.4, 0.5) is 0 Å². The Morgan fingerprint density at radius 2 is 0.960 bits per heavy atom. The quantitative estimate of drug-likeness (QED) is 0.249. The van der Waals surface area contributed by atoms with Gasteiger partial charge in [-0.25, -0.2) is 0 Å². The largest absolute Gasteiger partial charge is 0.336 e. The second-order valence-corrected chi connectivity index (χ2v) is 6.31. The first kappa shape index (κ1) is 24.8. The van der Waals surface area contributed by atoms with E-state index in [2.05, 4.69) is 27.7 Å². The van der Waals surface area contributed by atoms with Crippen molar-refractivity contribution in [3.8, 4) is 0 Å². The van der Waals surface area contributed by atoms with E-state index in [1.54, 1.807) is 0 Å². The van der Waals surface area contributed by atoms with E-state index in [0.717, 1.165) is 38.5 Å². The van der Waals surface area contributed by atoms with Crippen LogP contribution in [0.1, 0.15) is 92.9 Å². The maximum absolute atomic E-state index is 6.16. The summed E-state index contributed by atoms with van der Waals surface area (Å²) in [5, 5.41) is 4.95. The fourth-order valence-corrected chi connectivity index (χ4v) is 2.71. The van der Waals surface area contributed by atoms with Crippen LogP contribution in [0.5, 0.6) is 0 Å². The molecule has 2 unspecified atom stereocenters. The Kier molecular flexibility index (Phi) is 14.8. The zero-order valence-electron chi connectivity index (χ0n) is 17.6. The average Bonchev–Trinajstić information content (AvgIpc) is 2.56. The van der Waals surface area contributed by atoms with Crippen molar-refractivity contribution in [3.05, 3.63) is 0 Å². The Morgan fingerprint density at radius 3 is 1.24 bits per heavy atom. The van der Waals surface area contributed by atoms with E-state index < -0.39 is 11.8 Å². The van der Waals surface area contributed by atoms with Gasteiger partial charge in [-0.05, 0) is 39.5 Å². The molecule has 0 aromatic rings. The van der Waals surface area contributed by atoms with E-state index in [4.69, 9.17) is 24.3 Å². The van der Waals surface area contributed by atoms with E-state index in [-0.39, 0.29) is 0 Å². The second kappa shape index (κ2) is 14.9.